The average Bonchev–Trinajstić information content (AvgIpc) is 2.67. The lowest BCUT2D eigenvalue weighted by molar-refractivity contribution is -0.121. The van der Waals surface area contributed by atoms with Crippen LogP contribution in [0.5, 0.6) is 0 Å². The molecule has 0 bridgehead atoms. The van der Waals surface area contributed by atoms with Crippen molar-refractivity contribution in [2.45, 2.75) is 26.4 Å². The smallest absolute Gasteiger partial charge is 0.243 e. The van der Waals surface area contributed by atoms with Gasteiger partial charge < -0.3 is 10.6 Å². The summed E-state index contributed by atoms with van der Waals surface area (Å²) in [4.78, 5) is 21.6. The molecule has 2 N–H and O–H groups in total. The molecule has 0 aliphatic rings. The molecule has 6 heteroatoms. The van der Waals surface area contributed by atoms with Crippen molar-refractivity contribution in [2.75, 3.05) is 0 Å². The van der Waals surface area contributed by atoms with Gasteiger partial charge in [-0.25, -0.2) is 8.78 Å². The minimum absolute atomic E-state index is 0.00400. The summed E-state index contributed by atoms with van der Waals surface area (Å²) in [7, 11) is 0. The second kappa shape index (κ2) is 11.5. The molecule has 0 atom stereocenters. The first-order chi connectivity index (χ1) is 12.4. The first-order valence-corrected chi connectivity index (χ1v) is 8.10. The number of hydrogen-bond acceptors (Lipinski definition) is 2. The van der Waals surface area contributed by atoms with E-state index in [0.29, 0.717) is 19.5 Å². The normalized spacial score (nSPS) is 9.50. The molecule has 0 unspecified atom stereocenters. The van der Waals surface area contributed by atoms with Crippen LogP contribution in [0.1, 0.15) is 24.5 Å². The molecule has 2 amide bonds. The molecule has 0 saturated carbocycles. The van der Waals surface area contributed by atoms with Crippen LogP contribution in [0.2, 0.25) is 0 Å². The van der Waals surface area contributed by atoms with Gasteiger partial charge in [0.1, 0.15) is 11.6 Å². The number of carbonyl (C=O) groups excluding carboxylic acids is 2. The lowest BCUT2D eigenvalue weighted by atomic mass is 10.2. The molecule has 0 aromatic heterocycles. The zero-order valence-corrected chi connectivity index (χ0v) is 14.6. The number of benzene rings is 2. The van der Waals surface area contributed by atoms with E-state index in [-0.39, 0.29) is 23.4 Å². The Bertz CT molecular complexity index is 714. The van der Waals surface area contributed by atoms with Gasteiger partial charge in [0.05, 0.1) is 0 Å². The predicted octanol–water partition coefficient (Wildman–Crippen LogP) is 3.48. The highest BCUT2D eigenvalue weighted by molar-refractivity contribution is 5.86. The highest BCUT2D eigenvalue weighted by Gasteiger charge is 1.97. The number of halogens is 2. The van der Waals surface area contributed by atoms with Gasteiger partial charge in [-0.3, -0.25) is 9.59 Å². The second-order valence-electron chi connectivity index (χ2n) is 5.31. The predicted molar refractivity (Wildman–Crippen MR) is 97.0 cm³/mol. The molecule has 0 aliphatic carbocycles. The van der Waals surface area contributed by atoms with Crippen molar-refractivity contribution < 1.29 is 18.4 Å². The van der Waals surface area contributed by atoms with Crippen molar-refractivity contribution in [3.63, 3.8) is 0 Å². The SMILES string of the molecule is C=CC(=O)NCc1ccc(F)cc1.CCC(=O)NCc1ccc(F)cc1. The Balaban J connectivity index is 0.000000260. The van der Waals surface area contributed by atoms with Crippen LogP contribution in [-0.4, -0.2) is 11.8 Å². The fraction of sp³-hybridized carbons (Fsp3) is 0.200. The van der Waals surface area contributed by atoms with Crippen LogP contribution in [0.25, 0.3) is 0 Å². The molecule has 2 aromatic carbocycles. The van der Waals surface area contributed by atoms with Crippen LogP contribution < -0.4 is 10.6 Å². The maximum atomic E-state index is 12.5. The minimum Gasteiger partial charge on any atom is -0.352 e. The van der Waals surface area contributed by atoms with Crippen LogP contribution >= 0.6 is 0 Å². The van der Waals surface area contributed by atoms with E-state index in [1.807, 2.05) is 0 Å². The Hall–Kier alpha value is -3.02. The summed E-state index contributed by atoms with van der Waals surface area (Å²) in [5.41, 5.74) is 1.76. The zero-order chi connectivity index (χ0) is 19.4. The van der Waals surface area contributed by atoms with E-state index in [9.17, 15) is 18.4 Å². The summed E-state index contributed by atoms with van der Waals surface area (Å²) in [5, 5.41) is 5.30. The van der Waals surface area contributed by atoms with Gasteiger partial charge in [0.25, 0.3) is 0 Å². The van der Waals surface area contributed by atoms with Gasteiger partial charge in [-0.15, -0.1) is 0 Å². The zero-order valence-electron chi connectivity index (χ0n) is 14.6. The fourth-order valence-electron chi connectivity index (χ4n) is 1.79. The average molecular weight is 360 g/mol. The number of amides is 2. The molecule has 0 radical (unpaired) electrons. The Morgan fingerprint density at radius 3 is 1.69 bits per heavy atom. The van der Waals surface area contributed by atoms with Gasteiger partial charge in [-0.05, 0) is 41.5 Å². The molecule has 2 rings (SSSR count). The van der Waals surface area contributed by atoms with E-state index in [4.69, 9.17) is 0 Å². The fourth-order valence-corrected chi connectivity index (χ4v) is 1.79. The molecule has 2 aromatic rings. The van der Waals surface area contributed by atoms with Crippen LogP contribution in [0.4, 0.5) is 8.78 Å². The van der Waals surface area contributed by atoms with Crippen molar-refractivity contribution in [1.29, 1.82) is 0 Å². The molecule has 0 saturated heterocycles. The maximum Gasteiger partial charge on any atom is 0.243 e. The lowest BCUT2D eigenvalue weighted by Gasteiger charge is -2.02. The van der Waals surface area contributed by atoms with E-state index in [2.05, 4.69) is 17.2 Å². The Kier molecular flexibility index (Phi) is 9.31. The van der Waals surface area contributed by atoms with Crippen molar-refractivity contribution in [3.8, 4) is 0 Å². The van der Waals surface area contributed by atoms with Crippen molar-refractivity contribution >= 4 is 11.8 Å². The van der Waals surface area contributed by atoms with Gasteiger partial charge in [0.15, 0.2) is 0 Å². The third-order valence-electron chi connectivity index (χ3n) is 3.29. The molecule has 26 heavy (non-hydrogen) atoms. The van der Waals surface area contributed by atoms with Crippen molar-refractivity contribution in [1.82, 2.24) is 10.6 Å². The Morgan fingerprint density at radius 2 is 1.31 bits per heavy atom. The largest absolute Gasteiger partial charge is 0.352 e. The summed E-state index contributed by atoms with van der Waals surface area (Å²) in [6.07, 6.45) is 1.67. The van der Waals surface area contributed by atoms with Crippen molar-refractivity contribution in [3.05, 3.63) is 83.9 Å². The summed E-state index contributed by atoms with van der Waals surface area (Å²) < 4.78 is 24.9. The molecule has 0 heterocycles. The maximum absolute atomic E-state index is 12.5. The van der Waals surface area contributed by atoms with Crippen LogP contribution in [-0.2, 0) is 22.7 Å². The number of hydrogen-bond donors (Lipinski definition) is 2. The highest BCUT2D eigenvalue weighted by atomic mass is 19.1. The number of rotatable bonds is 6. The summed E-state index contributed by atoms with van der Waals surface area (Å²) >= 11 is 0. The molecule has 138 valence electrons. The second-order valence-corrected chi connectivity index (χ2v) is 5.31. The molecule has 0 aliphatic heterocycles. The summed E-state index contributed by atoms with van der Waals surface area (Å²) in [6, 6.07) is 12.0. The third kappa shape index (κ3) is 8.73. The highest BCUT2D eigenvalue weighted by Crippen LogP contribution is 2.02. The van der Waals surface area contributed by atoms with E-state index < -0.39 is 0 Å². The van der Waals surface area contributed by atoms with Crippen LogP contribution in [0, 0.1) is 11.6 Å². The Morgan fingerprint density at radius 1 is 0.885 bits per heavy atom. The summed E-state index contributed by atoms with van der Waals surface area (Å²) in [6.45, 7) is 5.97. The standard InChI is InChI=1S/C10H12FNO.C10H10FNO/c2*1-2-10(13)12-7-8-3-5-9(11)6-4-8/h3-6H,2,7H2,1H3,(H,12,13);2-6H,1,7H2,(H,12,13). The van der Waals surface area contributed by atoms with Crippen LogP contribution in [0.15, 0.2) is 61.2 Å². The molecular weight excluding hydrogens is 338 g/mol. The minimum atomic E-state index is -0.279. The number of nitrogens with one attached hydrogen (secondary N) is 2. The molecule has 0 spiro atoms. The quantitative estimate of drug-likeness (QED) is 0.775. The van der Waals surface area contributed by atoms with E-state index >= 15 is 0 Å². The lowest BCUT2D eigenvalue weighted by Crippen LogP contribution is -2.21. The first-order valence-electron chi connectivity index (χ1n) is 8.10. The van der Waals surface area contributed by atoms with Crippen molar-refractivity contribution in [2.24, 2.45) is 0 Å². The molecule has 4 nitrogen and oxygen atoms in total. The van der Waals surface area contributed by atoms with Gasteiger partial charge >= 0.3 is 0 Å². The Labute approximate surface area is 151 Å². The van der Waals surface area contributed by atoms with Gasteiger partial charge in [0.2, 0.25) is 11.8 Å². The topological polar surface area (TPSA) is 58.2 Å². The first kappa shape index (κ1) is 21.0. The third-order valence-corrected chi connectivity index (χ3v) is 3.29. The molecular formula is C20H22F2N2O2. The van der Waals surface area contributed by atoms with Gasteiger partial charge in [0, 0.05) is 19.5 Å². The van der Waals surface area contributed by atoms with Gasteiger partial charge in [-0.1, -0.05) is 37.8 Å². The molecule has 0 fully saturated rings. The monoisotopic (exact) mass is 360 g/mol. The van der Waals surface area contributed by atoms with E-state index in [1.54, 1.807) is 31.2 Å². The van der Waals surface area contributed by atoms with E-state index in [1.165, 1.54) is 30.3 Å². The van der Waals surface area contributed by atoms with Crippen LogP contribution in [0.3, 0.4) is 0 Å². The summed E-state index contributed by atoms with van der Waals surface area (Å²) in [5.74, 6) is -0.766. The number of carbonyl (C=O) groups is 2. The van der Waals surface area contributed by atoms with E-state index in [0.717, 1.165) is 11.1 Å². The van der Waals surface area contributed by atoms with Gasteiger partial charge in [-0.2, -0.15) is 0 Å².